The van der Waals surface area contributed by atoms with Gasteiger partial charge in [-0.15, -0.1) is 0 Å². The van der Waals surface area contributed by atoms with Gasteiger partial charge < -0.3 is 19.4 Å². The predicted octanol–water partition coefficient (Wildman–Crippen LogP) is 2.68. The molecule has 2 aromatic rings. The molecule has 1 N–H and O–H groups in total. The molecule has 0 radical (unpaired) electrons. The van der Waals surface area contributed by atoms with Crippen molar-refractivity contribution in [2.45, 2.75) is 6.92 Å². The highest BCUT2D eigenvalue weighted by atomic mass is 16.5. The van der Waals surface area contributed by atoms with Crippen LogP contribution in [0.15, 0.2) is 41.0 Å². The minimum atomic E-state index is -0.233. The van der Waals surface area contributed by atoms with Crippen molar-refractivity contribution in [2.24, 2.45) is 0 Å². The number of nitrogens with one attached hydrogen (secondary N) is 1. The fourth-order valence-corrected chi connectivity index (χ4v) is 2.39. The van der Waals surface area contributed by atoms with E-state index in [0.29, 0.717) is 19.0 Å². The average Bonchev–Trinajstić information content (AvgIpc) is 2.95. The van der Waals surface area contributed by atoms with Gasteiger partial charge in [0.05, 0.1) is 30.9 Å². The first-order valence-corrected chi connectivity index (χ1v) is 7.02. The number of anilines is 2. The summed E-state index contributed by atoms with van der Waals surface area (Å²) >= 11 is 0. The number of nitrogens with zero attached hydrogens (tertiary/aromatic N) is 1. The highest BCUT2D eigenvalue weighted by Gasteiger charge is 2.17. The van der Waals surface area contributed by atoms with Gasteiger partial charge in [0.25, 0.3) is 5.91 Å². The Balaban J connectivity index is 1.80. The van der Waals surface area contributed by atoms with E-state index in [2.05, 4.69) is 10.2 Å². The van der Waals surface area contributed by atoms with Crippen LogP contribution in [-0.2, 0) is 4.74 Å². The molecule has 1 aliphatic rings. The summed E-state index contributed by atoms with van der Waals surface area (Å²) in [6, 6.07) is 9.52. The van der Waals surface area contributed by atoms with Crippen LogP contribution in [0, 0.1) is 6.92 Å². The predicted molar refractivity (Wildman–Crippen MR) is 80.9 cm³/mol. The van der Waals surface area contributed by atoms with Crippen molar-refractivity contribution in [3.8, 4) is 0 Å². The summed E-state index contributed by atoms with van der Waals surface area (Å²) in [4.78, 5) is 14.4. The molecule has 110 valence electrons. The van der Waals surface area contributed by atoms with E-state index in [4.69, 9.17) is 9.15 Å². The monoisotopic (exact) mass is 286 g/mol. The molecule has 3 rings (SSSR count). The molecule has 5 nitrogen and oxygen atoms in total. The maximum Gasteiger partial charge on any atom is 0.291 e. The molecule has 0 unspecified atom stereocenters. The number of morpholine rings is 1. The maximum atomic E-state index is 12.2. The molecule has 1 aliphatic heterocycles. The van der Waals surface area contributed by atoms with Gasteiger partial charge in [-0.25, -0.2) is 0 Å². The minimum absolute atomic E-state index is 0.233. The molecule has 21 heavy (non-hydrogen) atoms. The van der Waals surface area contributed by atoms with Crippen molar-refractivity contribution < 1.29 is 13.9 Å². The number of rotatable bonds is 3. The third-order valence-corrected chi connectivity index (χ3v) is 3.46. The summed E-state index contributed by atoms with van der Waals surface area (Å²) < 4.78 is 10.6. The molecular formula is C16H18N2O3. The molecule has 1 saturated heterocycles. The standard InChI is InChI=1S/C16H18N2O3/c1-12-10-15(21-11-12)16(19)17-13-4-2-3-5-14(13)18-6-8-20-9-7-18/h2-5,10-11H,6-9H2,1H3,(H,17,19). The largest absolute Gasteiger partial charge is 0.459 e. The fraction of sp³-hybridized carbons (Fsp3) is 0.312. The Kier molecular flexibility index (Phi) is 3.92. The Labute approximate surface area is 123 Å². The second-order valence-electron chi connectivity index (χ2n) is 5.06. The van der Waals surface area contributed by atoms with Gasteiger partial charge in [0.1, 0.15) is 0 Å². The van der Waals surface area contributed by atoms with Gasteiger partial charge in [-0.2, -0.15) is 0 Å². The first-order valence-electron chi connectivity index (χ1n) is 7.02. The zero-order valence-electron chi connectivity index (χ0n) is 12.0. The molecule has 0 saturated carbocycles. The molecule has 0 bridgehead atoms. The van der Waals surface area contributed by atoms with E-state index < -0.39 is 0 Å². The van der Waals surface area contributed by atoms with Gasteiger partial charge in [-0.3, -0.25) is 4.79 Å². The summed E-state index contributed by atoms with van der Waals surface area (Å²) in [5.74, 6) is 0.0908. The number of carbonyl (C=O) groups excluding carboxylic acids is 1. The van der Waals surface area contributed by atoms with E-state index in [0.717, 1.165) is 30.0 Å². The molecule has 1 fully saturated rings. The Morgan fingerprint density at radius 1 is 1.24 bits per heavy atom. The van der Waals surface area contributed by atoms with Gasteiger partial charge in [-0.05, 0) is 30.7 Å². The van der Waals surface area contributed by atoms with E-state index in [1.807, 2.05) is 31.2 Å². The molecule has 1 amide bonds. The minimum Gasteiger partial charge on any atom is -0.459 e. The molecule has 2 heterocycles. The summed E-state index contributed by atoms with van der Waals surface area (Å²) in [6.45, 7) is 4.96. The van der Waals surface area contributed by atoms with Gasteiger partial charge in [0.15, 0.2) is 5.76 Å². The number of carbonyl (C=O) groups is 1. The smallest absolute Gasteiger partial charge is 0.291 e. The van der Waals surface area contributed by atoms with Gasteiger partial charge in [0, 0.05) is 13.1 Å². The van der Waals surface area contributed by atoms with Crippen LogP contribution in [0.4, 0.5) is 11.4 Å². The molecule has 0 spiro atoms. The Hall–Kier alpha value is -2.27. The lowest BCUT2D eigenvalue weighted by Gasteiger charge is -2.30. The van der Waals surface area contributed by atoms with Crippen LogP contribution in [-0.4, -0.2) is 32.2 Å². The number of ether oxygens (including phenoxy) is 1. The molecule has 0 aliphatic carbocycles. The number of para-hydroxylation sites is 2. The lowest BCUT2D eigenvalue weighted by Crippen LogP contribution is -2.36. The Bertz CT molecular complexity index is 630. The highest BCUT2D eigenvalue weighted by molar-refractivity contribution is 6.04. The topological polar surface area (TPSA) is 54.7 Å². The first-order chi connectivity index (χ1) is 10.2. The van der Waals surface area contributed by atoms with Crippen molar-refractivity contribution in [1.82, 2.24) is 0 Å². The zero-order valence-corrected chi connectivity index (χ0v) is 12.0. The van der Waals surface area contributed by atoms with E-state index in [1.54, 1.807) is 12.3 Å². The molecule has 5 heteroatoms. The summed E-state index contributed by atoms with van der Waals surface area (Å²) in [6.07, 6.45) is 1.57. The number of furan rings is 1. The summed E-state index contributed by atoms with van der Waals surface area (Å²) in [5.41, 5.74) is 2.73. The third-order valence-electron chi connectivity index (χ3n) is 3.46. The third kappa shape index (κ3) is 3.08. The van der Waals surface area contributed by atoms with E-state index in [1.165, 1.54) is 0 Å². The molecular weight excluding hydrogens is 268 g/mol. The quantitative estimate of drug-likeness (QED) is 0.942. The molecule has 1 aromatic heterocycles. The van der Waals surface area contributed by atoms with E-state index in [9.17, 15) is 4.79 Å². The average molecular weight is 286 g/mol. The number of hydrogen-bond acceptors (Lipinski definition) is 4. The lowest BCUT2D eigenvalue weighted by atomic mass is 10.2. The van der Waals surface area contributed by atoms with Gasteiger partial charge >= 0.3 is 0 Å². The number of benzene rings is 1. The van der Waals surface area contributed by atoms with E-state index in [-0.39, 0.29) is 5.91 Å². The van der Waals surface area contributed by atoms with Crippen molar-refractivity contribution >= 4 is 17.3 Å². The van der Waals surface area contributed by atoms with Crippen molar-refractivity contribution in [2.75, 3.05) is 36.5 Å². The fourth-order valence-electron chi connectivity index (χ4n) is 2.39. The van der Waals surface area contributed by atoms with Crippen molar-refractivity contribution in [3.63, 3.8) is 0 Å². The number of amides is 1. The second-order valence-corrected chi connectivity index (χ2v) is 5.06. The zero-order chi connectivity index (χ0) is 14.7. The summed E-state index contributed by atoms with van der Waals surface area (Å²) in [7, 11) is 0. The SMILES string of the molecule is Cc1coc(C(=O)Nc2ccccc2N2CCOCC2)c1. The van der Waals surface area contributed by atoms with Gasteiger partial charge in [-0.1, -0.05) is 12.1 Å². The molecule has 1 aromatic carbocycles. The number of aryl methyl sites for hydroxylation is 1. The normalized spacial score (nSPS) is 15.0. The van der Waals surface area contributed by atoms with Crippen LogP contribution in [0.1, 0.15) is 16.1 Å². The van der Waals surface area contributed by atoms with Crippen LogP contribution in [0.5, 0.6) is 0 Å². The first kappa shape index (κ1) is 13.7. The highest BCUT2D eigenvalue weighted by Crippen LogP contribution is 2.26. The Morgan fingerprint density at radius 2 is 2.00 bits per heavy atom. The van der Waals surface area contributed by atoms with Gasteiger partial charge in [0.2, 0.25) is 0 Å². The van der Waals surface area contributed by atoms with Crippen LogP contribution < -0.4 is 10.2 Å². The lowest BCUT2D eigenvalue weighted by molar-refractivity contribution is 0.0996. The Morgan fingerprint density at radius 3 is 2.71 bits per heavy atom. The number of hydrogen-bond donors (Lipinski definition) is 1. The summed E-state index contributed by atoms with van der Waals surface area (Å²) in [5, 5.41) is 2.92. The van der Waals surface area contributed by atoms with Crippen LogP contribution in [0.2, 0.25) is 0 Å². The van der Waals surface area contributed by atoms with Crippen LogP contribution >= 0.6 is 0 Å². The van der Waals surface area contributed by atoms with E-state index >= 15 is 0 Å². The maximum absolute atomic E-state index is 12.2. The van der Waals surface area contributed by atoms with Crippen LogP contribution in [0.3, 0.4) is 0 Å². The molecule has 0 atom stereocenters. The van der Waals surface area contributed by atoms with Crippen molar-refractivity contribution in [1.29, 1.82) is 0 Å². The van der Waals surface area contributed by atoms with Crippen molar-refractivity contribution in [3.05, 3.63) is 47.9 Å². The second kappa shape index (κ2) is 6.01. The van der Waals surface area contributed by atoms with Crippen LogP contribution in [0.25, 0.3) is 0 Å².